The normalized spacial score (nSPS) is 39.0. The van der Waals surface area contributed by atoms with Crippen molar-refractivity contribution in [2.24, 2.45) is 0 Å². The van der Waals surface area contributed by atoms with Crippen molar-refractivity contribution in [3.63, 3.8) is 0 Å². The highest BCUT2D eigenvalue weighted by molar-refractivity contribution is 5.01. The first-order valence-corrected chi connectivity index (χ1v) is 6.24. The fourth-order valence-electron chi connectivity index (χ4n) is 3.19. The fourth-order valence-corrected chi connectivity index (χ4v) is 3.19. The number of likely N-dealkylation sites (tertiary alicyclic amines) is 1. The molecule has 2 rings (SSSR count). The van der Waals surface area contributed by atoms with Gasteiger partial charge in [0, 0.05) is 18.6 Å². The lowest BCUT2D eigenvalue weighted by molar-refractivity contribution is 0.152. The van der Waals surface area contributed by atoms with E-state index in [0.29, 0.717) is 12.1 Å². The third kappa shape index (κ3) is 2.35. The number of nitrogens with one attached hydrogen (secondary N) is 1. The van der Waals surface area contributed by atoms with Crippen molar-refractivity contribution in [2.75, 3.05) is 20.2 Å². The average molecular weight is 212 g/mol. The Morgan fingerprint density at radius 1 is 1.40 bits per heavy atom. The van der Waals surface area contributed by atoms with Crippen molar-refractivity contribution in [3.8, 4) is 0 Å². The minimum atomic E-state index is -0.0246. The Kier molecular flexibility index (Phi) is 3.33. The number of aliphatic hydroxyl groups excluding tert-OH is 1. The lowest BCUT2D eigenvalue weighted by atomic mass is 9.95. The smallest absolute Gasteiger partial charge is 0.0626 e. The maximum Gasteiger partial charge on any atom is 0.0626 e. The summed E-state index contributed by atoms with van der Waals surface area (Å²) in [4.78, 5) is 2.35. The second-order valence-electron chi connectivity index (χ2n) is 5.53. The Morgan fingerprint density at radius 2 is 2.07 bits per heavy atom. The van der Waals surface area contributed by atoms with Gasteiger partial charge in [-0.05, 0) is 33.2 Å². The lowest BCUT2D eigenvalue weighted by Gasteiger charge is -2.31. The second kappa shape index (κ2) is 4.40. The molecule has 1 saturated heterocycles. The van der Waals surface area contributed by atoms with Crippen molar-refractivity contribution in [2.45, 2.75) is 56.7 Å². The van der Waals surface area contributed by atoms with E-state index in [1.54, 1.807) is 0 Å². The van der Waals surface area contributed by atoms with E-state index in [1.807, 2.05) is 0 Å². The van der Waals surface area contributed by atoms with Crippen molar-refractivity contribution >= 4 is 0 Å². The summed E-state index contributed by atoms with van der Waals surface area (Å²) in [6.45, 7) is 3.51. The zero-order valence-electron chi connectivity index (χ0n) is 10.00. The van der Waals surface area contributed by atoms with E-state index in [9.17, 15) is 5.11 Å². The van der Waals surface area contributed by atoms with Crippen LogP contribution in [0, 0.1) is 0 Å². The van der Waals surface area contributed by atoms with E-state index < -0.39 is 0 Å². The zero-order valence-corrected chi connectivity index (χ0v) is 10.00. The molecule has 88 valence electrons. The quantitative estimate of drug-likeness (QED) is 0.732. The molecule has 0 radical (unpaired) electrons. The summed E-state index contributed by atoms with van der Waals surface area (Å²) in [7, 11) is 2.15. The lowest BCUT2D eigenvalue weighted by Crippen LogP contribution is -2.54. The molecule has 0 aromatic carbocycles. The molecule has 0 aromatic rings. The van der Waals surface area contributed by atoms with Crippen LogP contribution in [0.5, 0.6) is 0 Å². The molecule has 1 aliphatic heterocycles. The molecule has 2 fully saturated rings. The second-order valence-corrected chi connectivity index (χ2v) is 5.53. The molecule has 2 N–H and O–H groups in total. The van der Waals surface area contributed by atoms with Gasteiger partial charge >= 0.3 is 0 Å². The molecule has 0 spiro atoms. The molecule has 2 aliphatic rings. The summed E-state index contributed by atoms with van der Waals surface area (Å²) in [6.07, 6.45) is 6.37. The topological polar surface area (TPSA) is 35.5 Å². The van der Waals surface area contributed by atoms with Crippen molar-refractivity contribution in [1.82, 2.24) is 10.2 Å². The van der Waals surface area contributed by atoms with Crippen LogP contribution in [0.2, 0.25) is 0 Å². The Bertz CT molecular complexity index is 204. The number of rotatable bonds is 3. The summed E-state index contributed by atoms with van der Waals surface area (Å²) in [5.74, 6) is 0. The molecule has 1 saturated carbocycles. The van der Waals surface area contributed by atoms with Crippen LogP contribution in [-0.4, -0.2) is 47.8 Å². The van der Waals surface area contributed by atoms with Crippen LogP contribution in [0.3, 0.4) is 0 Å². The monoisotopic (exact) mass is 212 g/mol. The first-order chi connectivity index (χ1) is 7.15. The van der Waals surface area contributed by atoms with E-state index in [4.69, 9.17) is 0 Å². The van der Waals surface area contributed by atoms with Crippen molar-refractivity contribution < 1.29 is 5.11 Å². The van der Waals surface area contributed by atoms with E-state index in [-0.39, 0.29) is 12.1 Å². The molecule has 0 bridgehead atoms. The molecule has 3 nitrogen and oxygen atoms in total. The Labute approximate surface area is 92.8 Å². The Hall–Kier alpha value is -0.120. The van der Waals surface area contributed by atoms with Gasteiger partial charge in [0.15, 0.2) is 0 Å². The first-order valence-electron chi connectivity index (χ1n) is 6.24. The number of hydrogen-bond acceptors (Lipinski definition) is 3. The minimum absolute atomic E-state index is 0.0246. The summed E-state index contributed by atoms with van der Waals surface area (Å²) < 4.78 is 0. The van der Waals surface area contributed by atoms with E-state index >= 15 is 0 Å². The van der Waals surface area contributed by atoms with Crippen LogP contribution in [0.25, 0.3) is 0 Å². The molecule has 2 unspecified atom stereocenters. The number of likely N-dealkylation sites (N-methyl/N-ethyl adjacent to an activating group) is 1. The predicted octanol–water partition coefficient (Wildman–Crippen LogP) is 0.974. The minimum Gasteiger partial charge on any atom is -0.394 e. The molecule has 3 heteroatoms. The average Bonchev–Trinajstić information content (AvgIpc) is 2.78. The van der Waals surface area contributed by atoms with Crippen LogP contribution >= 0.6 is 0 Å². The van der Waals surface area contributed by atoms with Gasteiger partial charge in [-0.25, -0.2) is 0 Å². The molecule has 1 heterocycles. The van der Waals surface area contributed by atoms with Gasteiger partial charge in [0.2, 0.25) is 0 Å². The summed E-state index contributed by atoms with van der Waals surface area (Å²) in [5.41, 5.74) is -0.0246. The van der Waals surface area contributed by atoms with Crippen molar-refractivity contribution in [3.05, 3.63) is 0 Å². The van der Waals surface area contributed by atoms with Gasteiger partial charge in [0.1, 0.15) is 0 Å². The number of hydrogen-bond donors (Lipinski definition) is 2. The van der Waals surface area contributed by atoms with E-state index in [2.05, 4.69) is 24.2 Å². The third-order valence-corrected chi connectivity index (χ3v) is 4.16. The van der Waals surface area contributed by atoms with Gasteiger partial charge in [0.25, 0.3) is 0 Å². The first kappa shape index (κ1) is 11.4. The highest BCUT2D eigenvalue weighted by Gasteiger charge is 2.41. The number of aliphatic hydroxyl groups is 1. The van der Waals surface area contributed by atoms with Crippen LogP contribution in [-0.2, 0) is 0 Å². The predicted molar refractivity (Wildman–Crippen MR) is 61.9 cm³/mol. The molecule has 0 aromatic heterocycles. The van der Waals surface area contributed by atoms with Gasteiger partial charge in [-0.15, -0.1) is 0 Å². The third-order valence-electron chi connectivity index (χ3n) is 4.16. The van der Waals surface area contributed by atoms with Crippen LogP contribution in [0.4, 0.5) is 0 Å². The van der Waals surface area contributed by atoms with Gasteiger partial charge in [-0.3, -0.25) is 0 Å². The maximum atomic E-state index is 9.62. The molecular weight excluding hydrogens is 188 g/mol. The molecule has 2 atom stereocenters. The zero-order chi connectivity index (χ0) is 10.9. The Balaban J connectivity index is 1.96. The summed E-state index contributed by atoms with van der Waals surface area (Å²) >= 11 is 0. The molecule has 1 aliphatic carbocycles. The molecular formula is C12H24N2O. The largest absolute Gasteiger partial charge is 0.394 e. The Morgan fingerprint density at radius 3 is 2.53 bits per heavy atom. The van der Waals surface area contributed by atoms with E-state index in [0.717, 1.165) is 13.0 Å². The van der Waals surface area contributed by atoms with Gasteiger partial charge in [0.05, 0.1) is 12.1 Å². The van der Waals surface area contributed by atoms with E-state index in [1.165, 1.54) is 25.7 Å². The van der Waals surface area contributed by atoms with Gasteiger partial charge in [-0.2, -0.15) is 0 Å². The highest BCUT2D eigenvalue weighted by Crippen LogP contribution is 2.28. The van der Waals surface area contributed by atoms with Crippen LogP contribution in [0.15, 0.2) is 0 Å². The van der Waals surface area contributed by atoms with Crippen LogP contribution < -0.4 is 5.32 Å². The van der Waals surface area contributed by atoms with Crippen LogP contribution in [0.1, 0.15) is 39.0 Å². The summed E-state index contributed by atoms with van der Waals surface area (Å²) in [6, 6.07) is 1.24. The SMILES string of the molecule is CC1CC(CO)(NC2CCCC2)CN1C. The number of nitrogens with zero attached hydrogens (tertiary/aromatic N) is 1. The van der Waals surface area contributed by atoms with Gasteiger partial charge in [-0.1, -0.05) is 12.8 Å². The highest BCUT2D eigenvalue weighted by atomic mass is 16.3. The fraction of sp³-hybridized carbons (Fsp3) is 1.00. The van der Waals surface area contributed by atoms with Gasteiger partial charge < -0.3 is 15.3 Å². The van der Waals surface area contributed by atoms with Crippen molar-refractivity contribution in [1.29, 1.82) is 0 Å². The summed E-state index contributed by atoms with van der Waals surface area (Å²) in [5, 5.41) is 13.3. The molecule has 15 heavy (non-hydrogen) atoms. The molecule has 0 amide bonds. The standard InChI is InChI=1S/C12H24N2O/c1-10-7-12(9-15,8-14(10)2)13-11-5-3-4-6-11/h10-11,13,15H,3-9H2,1-2H3. The maximum absolute atomic E-state index is 9.62.